The van der Waals surface area contributed by atoms with Gasteiger partial charge in [-0.15, -0.1) is 4.68 Å². The summed E-state index contributed by atoms with van der Waals surface area (Å²) in [6.07, 6.45) is 1.79. The third-order valence-electron chi connectivity index (χ3n) is 3.46. The molecule has 0 aliphatic carbocycles. The molecule has 8 heteroatoms. The van der Waals surface area contributed by atoms with Gasteiger partial charge in [0.15, 0.2) is 0 Å². The third-order valence-corrected chi connectivity index (χ3v) is 4.54. The first-order valence-electron chi connectivity index (χ1n) is 6.82. The maximum Gasteiger partial charge on any atom is 0.346 e. The molecule has 0 bridgehead atoms. The second-order valence-corrected chi connectivity index (χ2v) is 6.78. The van der Waals surface area contributed by atoms with Gasteiger partial charge in [0, 0.05) is 0 Å². The number of fused-ring (bicyclic) bond motifs is 3. The van der Waals surface area contributed by atoms with E-state index < -0.39 is 10.1 Å². The van der Waals surface area contributed by atoms with Gasteiger partial charge in [0.1, 0.15) is 11.9 Å². The molecule has 2 aromatic rings. The van der Waals surface area contributed by atoms with Crippen LogP contribution in [0.4, 0.5) is 5.82 Å². The monoisotopic (exact) mass is 321 g/mol. The van der Waals surface area contributed by atoms with E-state index in [2.05, 4.69) is 5.43 Å². The van der Waals surface area contributed by atoms with Crippen LogP contribution in [0.1, 0.15) is 13.8 Å². The molecule has 1 aromatic carbocycles. The largest absolute Gasteiger partial charge is 0.362 e. The fraction of sp³-hybridized carbons (Fsp3) is 0.214. The van der Waals surface area contributed by atoms with Crippen molar-refractivity contribution < 1.29 is 17.4 Å². The molecule has 116 valence electrons. The van der Waals surface area contributed by atoms with E-state index in [0.29, 0.717) is 11.5 Å². The van der Waals surface area contributed by atoms with Crippen molar-refractivity contribution in [1.82, 2.24) is 0 Å². The van der Waals surface area contributed by atoms with Gasteiger partial charge in [-0.3, -0.25) is 0 Å². The number of nitrogens with two attached hydrogens (primary N) is 1. The van der Waals surface area contributed by atoms with Crippen molar-refractivity contribution in [3.8, 4) is 0 Å². The van der Waals surface area contributed by atoms with Gasteiger partial charge in [0.25, 0.3) is 0 Å². The number of pyridine rings is 1. The Morgan fingerprint density at radius 2 is 2.05 bits per heavy atom. The lowest BCUT2D eigenvalue weighted by Gasteiger charge is -2.23. The third kappa shape index (κ3) is 2.36. The van der Waals surface area contributed by atoms with E-state index in [9.17, 15) is 8.42 Å². The standard InChI is InChI=1S/C14H17N4O3S/c1-3-22(19,20)21-18-13(15)10(2)16-17-9-8-11-6-4-5-7-12(11)14(17)18/h4-9,16H,3,15H2,1-2H3/q+1. The number of hydrogen-bond acceptors (Lipinski definition) is 6. The van der Waals surface area contributed by atoms with Crippen LogP contribution in [0.25, 0.3) is 10.8 Å². The van der Waals surface area contributed by atoms with Gasteiger partial charge in [-0.25, -0.2) is 5.43 Å². The molecule has 3 N–H and O–H groups in total. The van der Waals surface area contributed by atoms with Crippen molar-refractivity contribution in [2.24, 2.45) is 5.73 Å². The van der Waals surface area contributed by atoms with E-state index in [1.54, 1.807) is 17.8 Å². The minimum absolute atomic E-state index is 0.145. The number of aromatic nitrogens is 1. The quantitative estimate of drug-likeness (QED) is 0.817. The SMILES string of the molecule is CCS(=O)(=O)ON1C(N)=C(C)N[n+]2ccc3ccccc3c21. The highest BCUT2D eigenvalue weighted by molar-refractivity contribution is 7.86. The van der Waals surface area contributed by atoms with Crippen LogP contribution in [0.15, 0.2) is 48.0 Å². The summed E-state index contributed by atoms with van der Waals surface area (Å²) in [7, 11) is -3.72. The first kappa shape index (κ1) is 14.6. The first-order valence-corrected chi connectivity index (χ1v) is 8.40. The molecule has 0 atom stereocenters. The Morgan fingerprint density at radius 1 is 1.32 bits per heavy atom. The fourth-order valence-corrected chi connectivity index (χ4v) is 2.73. The van der Waals surface area contributed by atoms with Crippen molar-refractivity contribution in [1.29, 1.82) is 0 Å². The van der Waals surface area contributed by atoms with Gasteiger partial charge in [-0.1, -0.05) is 22.5 Å². The number of nitrogens with zero attached hydrogens (tertiary/aromatic N) is 2. The molecule has 0 saturated carbocycles. The molecule has 0 radical (unpaired) electrons. The predicted octanol–water partition coefficient (Wildman–Crippen LogP) is 0.920. The predicted molar refractivity (Wildman–Crippen MR) is 83.4 cm³/mol. The zero-order valence-corrected chi connectivity index (χ0v) is 13.1. The highest BCUT2D eigenvalue weighted by Crippen LogP contribution is 2.28. The summed E-state index contributed by atoms with van der Waals surface area (Å²) in [5, 5.41) is 2.93. The number of anilines is 1. The Bertz CT molecular complexity index is 877. The van der Waals surface area contributed by atoms with Gasteiger partial charge in [0.05, 0.1) is 11.1 Å². The van der Waals surface area contributed by atoms with Crippen molar-refractivity contribution in [3.63, 3.8) is 0 Å². The Kier molecular flexibility index (Phi) is 3.42. The van der Waals surface area contributed by atoms with Crippen molar-refractivity contribution in [2.75, 3.05) is 16.2 Å². The summed E-state index contributed by atoms with van der Waals surface area (Å²) in [6.45, 7) is 3.26. The van der Waals surface area contributed by atoms with Crippen LogP contribution < -0.4 is 20.9 Å². The molecule has 7 nitrogen and oxygen atoms in total. The first-order chi connectivity index (χ1) is 10.4. The summed E-state index contributed by atoms with van der Waals surface area (Å²) in [5.41, 5.74) is 9.72. The maximum absolute atomic E-state index is 11.9. The second-order valence-electron chi connectivity index (χ2n) is 4.93. The number of benzene rings is 1. The molecule has 0 spiro atoms. The molecular formula is C14H17N4O3S+. The van der Waals surface area contributed by atoms with Crippen LogP contribution in [0.2, 0.25) is 0 Å². The molecule has 0 fully saturated rings. The zero-order chi connectivity index (χ0) is 15.9. The lowest BCUT2D eigenvalue weighted by atomic mass is 10.1. The number of rotatable bonds is 3. The topological polar surface area (TPSA) is 88.5 Å². The van der Waals surface area contributed by atoms with E-state index in [1.807, 2.05) is 30.3 Å². The molecule has 1 aromatic heterocycles. The summed E-state index contributed by atoms with van der Waals surface area (Å²) < 4.78 is 30.7. The Balaban J connectivity index is 2.24. The number of allylic oxidation sites excluding steroid dienone is 1. The van der Waals surface area contributed by atoms with Crippen molar-refractivity contribution in [3.05, 3.63) is 48.0 Å². The average Bonchev–Trinajstić information content (AvgIpc) is 2.51. The van der Waals surface area contributed by atoms with Crippen molar-refractivity contribution >= 4 is 26.7 Å². The molecule has 1 aliphatic rings. The van der Waals surface area contributed by atoms with Crippen LogP contribution in [0.3, 0.4) is 0 Å². The van der Waals surface area contributed by atoms with Gasteiger partial charge in [0.2, 0.25) is 5.82 Å². The fourth-order valence-electron chi connectivity index (χ4n) is 2.24. The molecule has 1 aliphatic heterocycles. The van der Waals surface area contributed by atoms with Gasteiger partial charge < -0.3 is 5.73 Å². The highest BCUT2D eigenvalue weighted by Gasteiger charge is 2.37. The molecule has 0 unspecified atom stereocenters. The van der Waals surface area contributed by atoms with Crippen LogP contribution in [0.5, 0.6) is 0 Å². The Morgan fingerprint density at radius 3 is 2.77 bits per heavy atom. The molecular weight excluding hydrogens is 304 g/mol. The van der Waals surface area contributed by atoms with Gasteiger partial charge in [-0.05, 0) is 36.4 Å². The molecule has 3 rings (SSSR count). The van der Waals surface area contributed by atoms with Crippen LogP contribution in [-0.2, 0) is 14.4 Å². The van der Waals surface area contributed by atoms with Crippen molar-refractivity contribution in [2.45, 2.75) is 13.8 Å². The number of hydrogen-bond donors (Lipinski definition) is 2. The van der Waals surface area contributed by atoms with Crippen LogP contribution in [0, 0.1) is 0 Å². The normalized spacial score (nSPS) is 14.9. The summed E-state index contributed by atoms with van der Waals surface area (Å²) in [6, 6.07) is 9.52. The molecule has 22 heavy (non-hydrogen) atoms. The molecule has 0 amide bonds. The van der Waals surface area contributed by atoms with Crippen LogP contribution in [-0.4, -0.2) is 14.2 Å². The summed E-state index contributed by atoms with van der Waals surface area (Å²) in [4.78, 5) is 0. The molecule has 2 heterocycles. The number of nitrogens with one attached hydrogen (secondary N) is 1. The molecule has 0 saturated heterocycles. The van der Waals surface area contributed by atoms with E-state index in [4.69, 9.17) is 10.0 Å². The Hall–Kier alpha value is -2.32. The number of hydroxylamine groups is 1. The summed E-state index contributed by atoms with van der Waals surface area (Å²) >= 11 is 0. The lowest BCUT2D eigenvalue weighted by molar-refractivity contribution is -0.635. The highest BCUT2D eigenvalue weighted by atomic mass is 32.2. The zero-order valence-electron chi connectivity index (χ0n) is 12.3. The van der Waals surface area contributed by atoms with E-state index in [1.165, 1.54) is 6.92 Å². The minimum Gasteiger partial charge on any atom is -0.362 e. The van der Waals surface area contributed by atoms with E-state index in [-0.39, 0.29) is 11.6 Å². The van der Waals surface area contributed by atoms with Gasteiger partial charge in [-0.2, -0.15) is 8.42 Å². The smallest absolute Gasteiger partial charge is 0.346 e. The maximum atomic E-state index is 11.9. The van der Waals surface area contributed by atoms with Crippen LogP contribution >= 0.6 is 0 Å². The lowest BCUT2D eigenvalue weighted by Crippen LogP contribution is -2.55. The van der Waals surface area contributed by atoms with Gasteiger partial charge >= 0.3 is 15.9 Å². The minimum atomic E-state index is -3.72. The Labute approximate surface area is 128 Å². The van der Waals surface area contributed by atoms with E-state index in [0.717, 1.165) is 15.8 Å². The summed E-state index contributed by atoms with van der Waals surface area (Å²) in [5.74, 6) is 0.570. The average molecular weight is 321 g/mol. The second kappa shape index (κ2) is 5.15. The van der Waals surface area contributed by atoms with E-state index >= 15 is 0 Å².